The van der Waals surface area contributed by atoms with Crippen molar-refractivity contribution in [1.82, 2.24) is 9.55 Å². The van der Waals surface area contributed by atoms with Crippen LogP contribution in [0.5, 0.6) is 0 Å². The van der Waals surface area contributed by atoms with Gasteiger partial charge in [0.1, 0.15) is 0 Å². The van der Waals surface area contributed by atoms with Gasteiger partial charge in [0.2, 0.25) is 5.16 Å². The van der Waals surface area contributed by atoms with Crippen molar-refractivity contribution in [3.8, 4) is 0 Å². The average molecular weight is 267 g/mol. The fourth-order valence-corrected chi connectivity index (χ4v) is 2.52. The van der Waals surface area contributed by atoms with Crippen LogP contribution in [-0.2, 0) is 16.7 Å². The molecule has 0 aliphatic carbocycles. The maximum absolute atomic E-state index is 11.2. The van der Waals surface area contributed by atoms with E-state index in [-0.39, 0.29) is 5.16 Å². The summed E-state index contributed by atoms with van der Waals surface area (Å²) in [4.78, 5) is 3.92. The van der Waals surface area contributed by atoms with Gasteiger partial charge in [0.15, 0.2) is 10.1 Å². The Labute approximate surface area is 106 Å². The zero-order chi connectivity index (χ0) is 13.3. The predicted octanol–water partition coefficient (Wildman–Crippen LogP) is 1.99. The van der Waals surface area contributed by atoms with Gasteiger partial charge in [-0.2, -0.15) is 0 Å². The molecule has 0 saturated heterocycles. The molecule has 0 radical (unpaired) electrons. The van der Waals surface area contributed by atoms with Crippen molar-refractivity contribution in [3.63, 3.8) is 0 Å². The molecule has 0 atom stereocenters. The van der Waals surface area contributed by atoms with Gasteiger partial charge in [0, 0.05) is 6.54 Å². The zero-order valence-corrected chi connectivity index (χ0v) is 11.1. The van der Waals surface area contributed by atoms with E-state index in [0.717, 1.165) is 6.42 Å². The maximum atomic E-state index is 11.2. The van der Waals surface area contributed by atoms with Crippen molar-refractivity contribution in [3.05, 3.63) is 24.3 Å². The van der Waals surface area contributed by atoms with Gasteiger partial charge in [0.05, 0.1) is 11.0 Å². The predicted molar refractivity (Wildman–Crippen MR) is 67.2 cm³/mol. The highest BCUT2D eigenvalue weighted by Gasteiger charge is 2.15. The fourth-order valence-electron chi connectivity index (χ4n) is 1.85. The largest absolute Gasteiger partial charge is 0.742 e. The Kier molecular flexibility index (Phi) is 3.41. The Hall–Kier alpha value is -1.40. The molecule has 1 aromatic carbocycles. The fraction of sp³-hybridized carbons (Fsp3) is 0.417. The van der Waals surface area contributed by atoms with Gasteiger partial charge in [-0.15, -0.1) is 0 Å². The summed E-state index contributed by atoms with van der Waals surface area (Å²) in [5.41, 5.74) is 1.23. The molecular formula is C12H15N2O3S-. The van der Waals surface area contributed by atoms with Crippen LogP contribution in [0.1, 0.15) is 20.3 Å². The topological polar surface area (TPSA) is 75.0 Å². The number of rotatable bonds is 4. The van der Waals surface area contributed by atoms with E-state index in [0.29, 0.717) is 23.5 Å². The standard InChI is InChI=1S/C12H16N2O3S/c1-9(2)7-8-14-11-6-4-3-5-10(11)13-12(14)18(15,16)17/h3-6,9H,7-8H2,1-2H3,(H,15,16,17)/p-1. The number of para-hydroxylation sites is 2. The molecule has 5 nitrogen and oxygen atoms in total. The molecule has 0 spiro atoms. The van der Waals surface area contributed by atoms with Crippen molar-refractivity contribution >= 4 is 21.2 Å². The molecule has 2 aromatic rings. The lowest BCUT2D eigenvalue weighted by Crippen LogP contribution is -2.11. The normalized spacial score (nSPS) is 12.4. The van der Waals surface area contributed by atoms with E-state index in [9.17, 15) is 13.0 Å². The van der Waals surface area contributed by atoms with Crippen LogP contribution in [-0.4, -0.2) is 22.5 Å². The summed E-state index contributed by atoms with van der Waals surface area (Å²) < 4.78 is 35.2. The number of hydrogen-bond donors (Lipinski definition) is 0. The number of aromatic nitrogens is 2. The molecule has 0 fully saturated rings. The van der Waals surface area contributed by atoms with Crippen molar-refractivity contribution in [2.45, 2.75) is 32.0 Å². The summed E-state index contributed by atoms with van der Waals surface area (Å²) in [7, 11) is -4.54. The second-order valence-corrected chi connectivity index (χ2v) is 5.94. The smallest absolute Gasteiger partial charge is 0.215 e. The highest BCUT2D eigenvalue weighted by Crippen LogP contribution is 2.20. The summed E-state index contributed by atoms with van der Waals surface area (Å²) in [6.45, 7) is 4.57. The van der Waals surface area contributed by atoms with Gasteiger partial charge in [-0.25, -0.2) is 13.4 Å². The molecule has 0 saturated carbocycles. The molecular weight excluding hydrogens is 252 g/mol. The lowest BCUT2D eigenvalue weighted by molar-refractivity contribution is 0.436. The first-order valence-electron chi connectivity index (χ1n) is 5.81. The third-order valence-electron chi connectivity index (χ3n) is 2.77. The van der Waals surface area contributed by atoms with E-state index in [1.807, 2.05) is 13.8 Å². The van der Waals surface area contributed by atoms with Gasteiger partial charge < -0.3 is 9.12 Å². The number of fused-ring (bicyclic) bond motifs is 1. The molecule has 0 unspecified atom stereocenters. The first-order chi connectivity index (χ1) is 8.39. The Morgan fingerprint density at radius 2 is 2.00 bits per heavy atom. The number of benzene rings is 1. The van der Waals surface area contributed by atoms with E-state index < -0.39 is 10.1 Å². The Morgan fingerprint density at radius 1 is 1.33 bits per heavy atom. The van der Waals surface area contributed by atoms with Crippen LogP contribution in [0.4, 0.5) is 0 Å². The number of hydrogen-bond acceptors (Lipinski definition) is 4. The number of aryl methyl sites for hydroxylation is 1. The van der Waals surface area contributed by atoms with Crippen LogP contribution in [0, 0.1) is 5.92 Å². The van der Waals surface area contributed by atoms with Gasteiger partial charge >= 0.3 is 0 Å². The molecule has 1 heterocycles. The van der Waals surface area contributed by atoms with Crippen LogP contribution in [0.25, 0.3) is 11.0 Å². The van der Waals surface area contributed by atoms with Crippen LogP contribution in [0.2, 0.25) is 0 Å². The minimum atomic E-state index is -4.54. The molecule has 2 rings (SSSR count). The van der Waals surface area contributed by atoms with Crippen molar-refractivity contribution in [2.75, 3.05) is 0 Å². The quantitative estimate of drug-likeness (QED) is 0.794. The molecule has 0 bridgehead atoms. The second-order valence-electron chi connectivity index (χ2n) is 4.67. The van der Waals surface area contributed by atoms with Gasteiger partial charge in [-0.1, -0.05) is 26.0 Å². The lowest BCUT2D eigenvalue weighted by atomic mass is 10.1. The lowest BCUT2D eigenvalue weighted by Gasteiger charge is -2.12. The summed E-state index contributed by atoms with van der Waals surface area (Å²) in [6, 6.07) is 7.05. The van der Waals surface area contributed by atoms with E-state index >= 15 is 0 Å². The molecule has 6 heteroatoms. The average Bonchev–Trinajstić information content (AvgIpc) is 2.64. The third-order valence-corrected chi connectivity index (χ3v) is 3.53. The second kappa shape index (κ2) is 4.70. The van der Waals surface area contributed by atoms with Crippen molar-refractivity contribution in [1.29, 1.82) is 0 Å². The molecule has 0 amide bonds. The number of nitrogens with zero attached hydrogens (tertiary/aromatic N) is 2. The van der Waals surface area contributed by atoms with E-state index in [1.54, 1.807) is 24.3 Å². The SMILES string of the molecule is CC(C)CCn1c(S(=O)(=O)[O-])nc2ccccc21. The van der Waals surface area contributed by atoms with Gasteiger partial charge in [-0.3, -0.25) is 0 Å². The van der Waals surface area contributed by atoms with Crippen molar-refractivity contribution in [2.24, 2.45) is 5.92 Å². The first-order valence-corrected chi connectivity index (χ1v) is 7.21. The van der Waals surface area contributed by atoms with Crippen LogP contribution in [0.3, 0.4) is 0 Å². The Bertz CT molecular complexity index is 659. The highest BCUT2D eigenvalue weighted by molar-refractivity contribution is 7.85. The minimum Gasteiger partial charge on any atom is -0.742 e. The molecule has 18 heavy (non-hydrogen) atoms. The van der Waals surface area contributed by atoms with Crippen LogP contribution < -0.4 is 0 Å². The molecule has 1 aromatic heterocycles. The monoisotopic (exact) mass is 267 g/mol. The Morgan fingerprint density at radius 3 is 2.61 bits per heavy atom. The van der Waals surface area contributed by atoms with E-state index in [2.05, 4.69) is 4.98 Å². The van der Waals surface area contributed by atoms with E-state index in [4.69, 9.17) is 0 Å². The summed E-state index contributed by atoms with van der Waals surface area (Å²) in [5, 5.41) is -0.385. The summed E-state index contributed by atoms with van der Waals surface area (Å²) in [6.07, 6.45) is 0.795. The van der Waals surface area contributed by atoms with E-state index in [1.165, 1.54) is 4.57 Å². The zero-order valence-electron chi connectivity index (χ0n) is 10.3. The first kappa shape index (κ1) is 13.0. The maximum Gasteiger partial charge on any atom is 0.215 e. The number of imidazole rings is 1. The third kappa shape index (κ3) is 2.54. The Balaban J connectivity index is 2.58. The molecule has 98 valence electrons. The summed E-state index contributed by atoms with van der Waals surface area (Å²) in [5.74, 6) is 0.424. The molecule has 0 N–H and O–H groups in total. The summed E-state index contributed by atoms with van der Waals surface area (Å²) >= 11 is 0. The highest BCUT2D eigenvalue weighted by atomic mass is 32.2. The van der Waals surface area contributed by atoms with Gasteiger partial charge in [-0.05, 0) is 24.5 Å². The van der Waals surface area contributed by atoms with Crippen molar-refractivity contribution < 1.29 is 13.0 Å². The van der Waals surface area contributed by atoms with Crippen LogP contribution >= 0.6 is 0 Å². The molecule has 0 aliphatic heterocycles. The van der Waals surface area contributed by atoms with Crippen LogP contribution in [0.15, 0.2) is 29.4 Å². The minimum absolute atomic E-state index is 0.385. The van der Waals surface area contributed by atoms with Gasteiger partial charge in [0.25, 0.3) is 0 Å². The molecule has 0 aliphatic rings.